The summed E-state index contributed by atoms with van der Waals surface area (Å²) >= 11 is 3.44. The van der Waals surface area contributed by atoms with Gasteiger partial charge in [0.05, 0.1) is 11.1 Å². The van der Waals surface area contributed by atoms with Crippen molar-refractivity contribution in [3.8, 4) is 17.3 Å². The van der Waals surface area contributed by atoms with Crippen LogP contribution in [0.4, 0.5) is 10.6 Å². The SMILES string of the molecule is CCOc1cc(Br)c(NC(=O)OC(C)(C)C)nc1-c1nc2cc(C)cnc2n1C.[SnH]. The van der Waals surface area contributed by atoms with Crippen LogP contribution >= 0.6 is 15.9 Å². The molecule has 0 bridgehead atoms. The molecule has 0 fully saturated rings. The first-order valence-electron chi connectivity index (χ1n) is 9.22. The van der Waals surface area contributed by atoms with Gasteiger partial charge < -0.3 is 14.0 Å². The van der Waals surface area contributed by atoms with E-state index >= 15 is 0 Å². The van der Waals surface area contributed by atoms with Gasteiger partial charge in [0, 0.05) is 19.3 Å². The number of rotatable bonds is 4. The van der Waals surface area contributed by atoms with Gasteiger partial charge in [-0.25, -0.2) is 19.7 Å². The zero-order valence-corrected chi connectivity index (χ0v) is 22.8. The summed E-state index contributed by atoms with van der Waals surface area (Å²) in [5.74, 6) is 1.44. The summed E-state index contributed by atoms with van der Waals surface area (Å²) in [6.07, 6.45) is 1.20. The van der Waals surface area contributed by atoms with Crippen molar-refractivity contribution in [2.45, 2.75) is 40.2 Å². The molecular formula is C20H25BrN5O3Sn. The van der Waals surface area contributed by atoms with Gasteiger partial charge in [-0.05, 0) is 62.2 Å². The van der Waals surface area contributed by atoms with E-state index in [9.17, 15) is 4.79 Å². The summed E-state index contributed by atoms with van der Waals surface area (Å²) in [4.78, 5) is 26.0. The van der Waals surface area contributed by atoms with Crippen molar-refractivity contribution < 1.29 is 14.3 Å². The second kappa shape index (κ2) is 9.50. The Morgan fingerprint density at radius 2 is 1.97 bits per heavy atom. The molecule has 0 saturated heterocycles. The molecule has 0 saturated carbocycles. The van der Waals surface area contributed by atoms with Crippen molar-refractivity contribution in [2.75, 3.05) is 11.9 Å². The third kappa shape index (κ3) is 5.42. The van der Waals surface area contributed by atoms with E-state index in [1.54, 1.807) is 33.0 Å². The van der Waals surface area contributed by atoms with Crippen molar-refractivity contribution in [1.82, 2.24) is 19.5 Å². The van der Waals surface area contributed by atoms with Crippen LogP contribution in [0.2, 0.25) is 0 Å². The Labute approximate surface area is 200 Å². The molecule has 159 valence electrons. The molecule has 0 aliphatic carbocycles. The third-order valence-electron chi connectivity index (χ3n) is 3.92. The molecule has 0 aliphatic heterocycles. The number of anilines is 1. The molecule has 0 aromatic carbocycles. The van der Waals surface area contributed by atoms with Crippen LogP contribution in [0.25, 0.3) is 22.7 Å². The molecule has 0 aliphatic rings. The Morgan fingerprint density at radius 3 is 2.60 bits per heavy atom. The van der Waals surface area contributed by atoms with Gasteiger partial charge in [-0.3, -0.25) is 5.32 Å². The topological polar surface area (TPSA) is 91.2 Å². The van der Waals surface area contributed by atoms with Gasteiger partial charge in [-0.2, -0.15) is 0 Å². The number of nitrogens with one attached hydrogen (secondary N) is 1. The second-order valence-corrected chi connectivity index (χ2v) is 8.43. The van der Waals surface area contributed by atoms with E-state index in [0.717, 1.165) is 16.7 Å². The molecule has 0 atom stereocenters. The van der Waals surface area contributed by atoms with E-state index in [-0.39, 0.29) is 23.9 Å². The fourth-order valence-electron chi connectivity index (χ4n) is 2.77. The maximum absolute atomic E-state index is 12.2. The first kappa shape index (κ1) is 24.4. The number of aryl methyl sites for hydroxylation is 2. The molecule has 0 unspecified atom stereocenters. The van der Waals surface area contributed by atoms with Crippen LogP contribution in [-0.4, -0.2) is 61.7 Å². The average Bonchev–Trinajstić information content (AvgIpc) is 2.91. The summed E-state index contributed by atoms with van der Waals surface area (Å²) < 4.78 is 13.5. The Bertz CT molecular complexity index is 1080. The van der Waals surface area contributed by atoms with E-state index in [0.29, 0.717) is 34.2 Å². The zero-order valence-electron chi connectivity index (χ0n) is 17.9. The van der Waals surface area contributed by atoms with Gasteiger partial charge in [0.25, 0.3) is 0 Å². The molecule has 30 heavy (non-hydrogen) atoms. The number of hydrogen-bond donors (Lipinski definition) is 1. The van der Waals surface area contributed by atoms with Crippen LogP contribution in [0.15, 0.2) is 22.8 Å². The summed E-state index contributed by atoms with van der Waals surface area (Å²) in [6, 6.07) is 3.72. The van der Waals surface area contributed by atoms with Gasteiger partial charge in [-0.15, -0.1) is 0 Å². The van der Waals surface area contributed by atoms with Crippen molar-refractivity contribution in [1.29, 1.82) is 0 Å². The number of pyridine rings is 2. The number of carbonyl (C=O) groups is 1. The Morgan fingerprint density at radius 1 is 1.27 bits per heavy atom. The van der Waals surface area contributed by atoms with Gasteiger partial charge in [0.2, 0.25) is 0 Å². The Kier molecular flexibility index (Phi) is 7.73. The van der Waals surface area contributed by atoms with E-state index in [1.807, 2.05) is 31.5 Å². The number of nitrogens with zero attached hydrogens (tertiary/aromatic N) is 4. The van der Waals surface area contributed by atoms with Crippen LogP contribution < -0.4 is 10.1 Å². The van der Waals surface area contributed by atoms with Crippen molar-refractivity contribution in [2.24, 2.45) is 7.05 Å². The van der Waals surface area contributed by atoms with Crippen molar-refractivity contribution >= 4 is 62.9 Å². The van der Waals surface area contributed by atoms with Crippen molar-refractivity contribution in [3.63, 3.8) is 0 Å². The normalized spacial score (nSPS) is 11.2. The summed E-state index contributed by atoms with van der Waals surface area (Å²) in [5.41, 5.74) is 2.39. The molecule has 1 amide bonds. The fourth-order valence-corrected chi connectivity index (χ4v) is 3.17. The monoisotopic (exact) mass is 582 g/mol. The van der Waals surface area contributed by atoms with E-state index < -0.39 is 11.7 Å². The molecular weight excluding hydrogens is 557 g/mol. The minimum absolute atomic E-state index is 0. The van der Waals surface area contributed by atoms with Crippen LogP contribution in [-0.2, 0) is 11.8 Å². The van der Waals surface area contributed by atoms with Gasteiger partial charge in [-0.1, -0.05) is 0 Å². The standard InChI is InChI=1S/C20H24BrN5O3.Sn.H/c1-7-28-14-9-12(21)16(25-19(27)29-20(3,4)5)24-15(14)18-23-13-8-11(2)10-22-17(13)26(18)6;;/h8-10H,7H2,1-6H3,(H,24,25,27);;. The summed E-state index contributed by atoms with van der Waals surface area (Å²) in [5, 5.41) is 2.68. The maximum atomic E-state index is 12.2. The molecule has 1 N–H and O–H groups in total. The van der Waals surface area contributed by atoms with Gasteiger partial charge >= 0.3 is 30.0 Å². The number of hydrogen-bond acceptors (Lipinski definition) is 6. The Balaban J connectivity index is 0.00000320. The molecule has 3 radical (unpaired) electrons. The molecule has 3 heterocycles. The number of fused-ring (bicyclic) bond motifs is 1. The number of ether oxygens (including phenoxy) is 2. The molecule has 3 aromatic rings. The van der Waals surface area contributed by atoms with Gasteiger partial charge in [0.1, 0.15) is 16.9 Å². The fraction of sp³-hybridized carbons (Fsp3) is 0.400. The van der Waals surface area contributed by atoms with Gasteiger partial charge in [0.15, 0.2) is 23.0 Å². The Hall–Kier alpha value is -1.88. The average molecular weight is 582 g/mol. The van der Waals surface area contributed by atoms with Crippen LogP contribution in [0.1, 0.15) is 33.3 Å². The molecule has 8 nitrogen and oxygen atoms in total. The number of carbonyl (C=O) groups excluding carboxylic acids is 1. The zero-order chi connectivity index (χ0) is 21.3. The molecule has 3 rings (SSSR count). The number of halogens is 1. The first-order chi connectivity index (χ1) is 13.6. The third-order valence-corrected chi connectivity index (χ3v) is 4.52. The quantitative estimate of drug-likeness (QED) is 0.465. The summed E-state index contributed by atoms with van der Waals surface area (Å²) in [7, 11) is 1.87. The van der Waals surface area contributed by atoms with Crippen LogP contribution in [0.5, 0.6) is 5.75 Å². The van der Waals surface area contributed by atoms with Crippen molar-refractivity contribution in [3.05, 3.63) is 28.4 Å². The summed E-state index contributed by atoms with van der Waals surface area (Å²) in [6.45, 7) is 9.71. The second-order valence-electron chi connectivity index (χ2n) is 7.58. The first-order valence-corrected chi connectivity index (χ1v) is 10.0. The van der Waals surface area contributed by atoms with Crippen LogP contribution in [0.3, 0.4) is 0 Å². The predicted molar refractivity (Wildman–Crippen MR) is 122 cm³/mol. The predicted octanol–water partition coefficient (Wildman–Crippen LogP) is 4.20. The number of imidazole rings is 1. The van der Waals surface area contributed by atoms with E-state index in [4.69, 9.17) is 14.5 Å². The minimum atomic E-state index is -0.619. The molecule has 0 spiro atoms. The number of aromatic nitrogens is 4. The van der Waals surface area contributed by atoms with E-state index in [1.165, 1.54) is 0 Å². The van der Waals surface area contributed by atoms with Crippen LogP contribution in [0, 0.1) is 6.92 Å². The molecule has 10 heteroatoms. The van der Waals surface area contributed by atoms with E-state index in [2.05, 4.69) is 31.2 Å². The molecule has 3 aromatic heterocycles. The number of amides is 1.